The first-order chi connectivity index (χ1) is 12.1. The molecule has 0 aromatic heterocycles. The van der Waals surface area contributed by atoms with Gasteiger partial charge in [-0.05, 0) is 54.8 Å². The number of likely N-dealkylation sites (N-methyl/N-ethyl adjacent to an activating group) is 1. The zero-order valence-electron chi connectivity index (χ0n) is 15.1. The zero-order valence-corrected chi connectivity index (χ0v) is 15.1. The average Bonchev–Trinajstić information content (AvgIpc) is 2.60. The summed E-state index contributed by atoms with van der Waals surface area (Å²) in [6.07, 6.45) is 8.91. The van der Waals surface area contributed by atoms with Crippen LogP contribution in [0.4, 0.5) is 4.39 Å². The van der Waals surface area contributed by atoms with Crippen molar-refractivity contribution in [3.63, 3.8) is 0 Å². The van der Waals surface area contributed by atoms with Gasteiger partial charge in [-0.25, -0.2) is 4.39 Å². The van der Waals surface area contributed by atoms with Crippen molar-refractivity contribution in [3.05, 3.63) is 102 Å². The zero-order chi connectivity index (χ0) is 18.1. The second-order valence-electron chi connectivity index (χ2n) is 6.17. The lowest BCUT2D eigenvalue weighted by Crippen LogP contribution is -2.20. The number of hydrogen-bond acceptors (Lipinski definition) is 1. The topological polar surface area (TPSA) is 3.24 Å². The first-order valence-electron chi connectivity index (χ1n) is 8.60. The lowest BCUT2D eigenvalue weighted by atomic mass is 10.0. The number of hydrogen-bond donors (Lipinski definition) is 0. The monoisotopic (exact) mass is 335 g/mol. The standard InChI is InChI=1S/C23H26FN/c1-4-7-21(8-5-2)22-13-11-19(12-14-22)15-16-25(3)18-20-9-6-10-23(24)17-20/h4-14,17H,1,15-16,18H2,2-3H3/b8-5-,21-7+. The molecule has 0 aliphatic carbocycles. The molecule has 0 unspecified atom stereocenters. The van der Waals surface area contributed by atoms with E-state index in [1.807, 2.05) is 31.2 Å². The van der Waals surface area contributed by atoms with E-state index < -0.39 is 0 Å². The lowest BCUT2D eigenvalue weighted by molar-refractivity contribution is 0.330. The fraction of sp³-hybridized carbons (Fsp3) is 0.217. The summed E-state index contributed by atoms with van der Waals surface area (Å²) in [5.41, 5.74) is 4.65. The van der Waals surface area contributed by atoms with Gasteiger partial charge in [0.05, 0.1) is 0 Å². The summed E-state index contributed by atoms with van der Waals surface area (Å²) < 4.78 is 13.2. The van der Waals surface area contributed by atoms with Gasteiger partial charge in [0.2, 0.25) is 0 Å². The van der Waals surface area contributed by atoms with Crippen LogP contribution in [0.5, 0.6) is 0 Å². The van der Waals surface area contributed by atoms with E-state index >= 15 is 0 Å². The van der Waals surface area contributed by atoms with Gasteiger partial charge in [-0.1, -0.05) is 67.3 Å². The highest BCUT2D eigenvalue weighted by atomic mass is 19.1. The van der Waals surface area contributed by atoms with Crippen LogP contribution in [-0.2, 0) is 13.0 Å². The van der Waals surface area contributed by atoms with Crippen LogP contribution in [0.15, 0.2) is 79.4 Å². The number of benzene rings is 2. The van der Waals surface area contributed by atoms with Crippen LogP contribution >= 0.6 is 0 Å². The Balaban J connectivity index is 1.92. The molecule has 0 amide bonds. The third-order valence-electron chi connectivity index (χ3n) is 4.05. The molecule has 0 heterocycles. The second-order valence-corrected chi connectivity index (χ2v) is 6.17. The van der Waals surface area contributed by atoms with Crippen LogP contribution in [0.3, 0.4) is 0 Å². The summed E-state index contributed by atoms with van der Waals surface area (Å²) in [4.78, 5) is 2.21. The van der Waals surface area contributed by atoms with E-state index in [1.165, 1.54) is 17.2 Å². The average molecular weight is 335 g/mol. The summed E-state index contributed by atoms with van der Waals surface area (Å²) in [7, 11) is 2.07. The lowest BCUT2D eigenvalue weighted by Gasteiger charge is -2.17. The van der Waals surface area contributed by atoms with Crippen molar-refractivity contribution in [3.8, 4) is 0 Å². The van der Waals surface area contributed by atoms with Crippen LogP contribution in [0.25, 0.3) is 5.57 Å². The molecule has 0 fully saturated rings. The van der Waals surface area contributed by atoms with Crippen molar-refractivity contribution in [1.29, 1.82) is 0 Å². The maximum atomic E-state index is 13.2. The van der Waals surface area contributed by atoms with E-state index in [0.717, 1.165) is 30.6 Å². The van der Waals surface area contributed by atoms with Gasteiger partial charge in [-0.15, -0.1) is 0 Å². The Kier molecular flexibility index (Phi) is 7.36. The first kappa shape index (κ1) is 18.9. The fourth-order valence-corrected chi connectivity index (χ4v) is 2.76. The van der Waals surface area contributed by atoms with Gasteiger partial charge in [0, 0.05) is 13.1 Å². The maximum absolute atomic E-state index is 13.2. The minimum absolute atomic E-state index is 0.175. The first-order valence-corrected chi connectivity index (χ1v) is 8.60. The van der Waals surface area contributed by atoms with Crippen molar-refractivity contribution in [1.82, 2.24) is 4.90 Å². The maximum Gasteiger partial charge on any atom is 0.123 e. The molecule has 0 aliphatic heterocycles. The molecule has 0 aliphatic rings. The smallest absolute Gasteiger partial charge is 0.123 e. The SMILES string of the molecule is C=C/C=C(\C=C/C)c1ccc(CCN(C)Cc2cccc(F)c2)cc1. The summed E-state index contributed by atoms with van der Waals surface area (Å²) in [6, 6.07) is 15.4. The number of nitrogens with zero attached hydrogens (tertiary/aromatic N) is 1. The highest BCUT2D eigenvalue weighted by molar-refractivity contribution is 5.75. The molecule has 0 saturated heterocycles. The van der Waals surface area contributed by atoms with E-state index in [1.54, 1.807) is 12.1 Å². The summed E-state index contributed by atoms with van der Waals surface area (Å²) in [5.74, 6) is -0.175. The van der Waals surface area contributed by atoms with Crippen molar-refractivity contribution in [2.75, 3.05) is 13.6 Å². The van der Waals surface area contributed by atoms with Crippen molar-refractivity contribution >= 4 is 5.57 Å². The molecular weight excluding hydrogens is 309 g/mol. The predicted octanol–water partition coefficient (Wildman–Crippen LogP) is 5.65. The van der Waals surface area contributed by atoms with Crippen LogP contribution in [0, 0.1) is 5.82 Å². The molecule has 0 saturated carbocycles. The van der Waals surface area contributed by atoms with Crippen molar-refractivity contribution in [2.24, 2.45) is 0 Å². The van der Waals surface area contributed by atoms with Crippen LogP contribution < -0.4 is 0 Å². The van der Waals surface area contributed by atoms with Gasteiger partial charge >= 0.3 is 0 Å². The van der Waals surface area contributed by atoms with Crippen LogP contribution in [-0.4, -0.2) is 18.5 Å². The molecular formula is C23H26FN. The van der Waals surface area contributed by atoms with Crippen molar-refractivity contribution in [2.45, 2.75) is 19.9 Å². The van der Waals surface area contributed by atoms with E-state index in [0.29, 0.717) is 0 Å². The van der Waals surface area contributed by atoms with Gasteiger partial charge in [-0.3, -0.25) is 0 Å². The molecule has 0 spiro atoms. The van der Waals surface area contributed by atoms with Gasteiger partial charge < -0.3 is 4.90 Å². The highest BCUT2D eigenvalue weighted by Gasteiger charge is 2.03. The fourth-order valence-electron chi connectivity index (χ4n) is 2.76. The molecule has 0 N–H and O–H groups in total. The summed E-state index contributed by atoms with van der Waals surface area (Å²) in [6.45, 7) is 7.47. The number of halogens is 1. The van der Waals surface area contributed by atoms with E-state index in [-0.39, 0.29) is 5.82 Å². The molecule has 130 valence electrons. The summed E-state index contributed by atoms with van der Waals surface area (Å²) >= 11 is 0. The minimum Gasteiger partial charge on any atom is -0.302 e. The Morgan fingerprint density at radius 1 is 1.12 bits per heavy atom. The molecule has 0 radical (unpaired) electrons. The molecule has 0 atom stereocenters. The Labute approximate surface area is 150 Å². The third-order valence-corrected chi connectivity index (χ3v) is 4.05. The van der Waals surface area contributed by atoms with E-state index in [9.17, 15) is 4.39 Å². The molecule has 2 rings (SSSR count). The largest absolute Gasteiger partial charge is 0.302 e. The quantitative estimate of drug-likeness (QED) is 0.564. The molecule has 2 aromatic rings. The Bertz CT molecular complexity index is 741. The highest BCUT2D eigenvalue weighted by Crippen LogP contribution is 2.17. The van der Waals surface area contributed by atoms with Gasteiger partial charge in [0.25, 0.3) is 0 Å². The Morgan fingerprint density at radius 3 is 2.52 bits per heavy atom. The van der Waals surface area contributed by atoms with Crippen LogP contribution in [0.2, 0.25) is 0 Å². The molecule has 1 nitrogen and oxygen atoms in total. The normalized spacial score (nSPS) is 12.1. The van der Waals surface area contributed by atoms with Crippen molar-refractivity contribution < 1.29 is 4.39 Å². The number of rotatable bonds is 8. The Hall–Kier alpha value is -2.45. The summed E-state index contributed by atoms with van der Waals surface area (Å²) in [5, 5.41) is 0. The Morgan fingerprint density at radius 2 is 1.88 bits per heavy atom. The van der Waals surface area contributed by atoms with Gasteiger partial charge in [0.1, 0.15) is 5.82 Å². The molecule has 2 heteroatoms. The van der Waals surface area contributed by atoms with Crippen LogP contribution in [0.1, 0.15) is 23.6 Å². The van der Waals surface area contributed by atoms with E-state index in [2.05, 4.69) is 48.9 Å². The molecule has 2 aromatic carbocycles. The second kappa shape index (κ2) is 9.75. The molecule has 25 heavy (non-hydrogen) atoms. The van der Waals surface area contributed by atoms with Gasteiger partial charge in [0.15, 0.2) is 0 Å². The molecule has 0 bridgehead atoms. The third kappa shape index (κ3) is 6.17. The number of allylic oxidation sites excluding steroid dienone is 5. The van der Waals surface area contributed by atoms with Gasteiger partial charge in [-0.2, -0.15) is 0 Å². The minimum atomic E-state index is -0.175. The predicted molar refractivity (Wildman–Crippen MR) is 106 cm³/mol. The van der Waals surface area contributed by atoms with E-state index in [4.69, 9.17) is 0 Å².